The first-order valence-corrected chi connectivity index (χ1v) is 19.1. The molecule has 0 aromatic heterocycles. The first-order valence-electron chi connectivity index (χ1n) is 19.1. The zero-order valence-corrected chi connectivity index (χ0v) is 30.9. The van der Waals surface area contributed by atoms with Crippen LogP contribution < -0.4 is 10.2 Å². The average molecular weight is 715 g/mol. The highest BCUT2D eigenvalue weighted by molar-refractivity contribution is 6.10. The average Bonchev–Trinajstić information content (AvgIpc) is 3.26. The van der Waals surface area contributed by atoms with Crippen LogP contribution in [0.2, 0.25) is 0 Å². The molecule has 1 N–H and O–H groups in total. The van der Waals surface area contributed by atoms with Gasteiger partial charge < -0.3 is 10.2 Å². The third-order valence-electron chi connectivity index (χ3n) is 10.9. The maximum absolute atomic E-state index is 4.65. The molecular formula is C54H38N2. The van der Waals surface area contributed by atoms with Gasteiger partial charge in [0.05, 0.1) is 17.1 Å². The fraction of sp³-hybridized carbons (Fsp3) is 0. The molecule has 56 heavy (non-hydrogen) atoms. The summed E-state index contributed by atoms with van der Waals surface area (Å²) in [4.78, 5) is 2.44. The van der Waals surface area contributed by atoms with Crippen LogP contribution in [0.1, 0.15) is 16.7 Å². The maximum Gasteiger partial charge on any atom is 0.0546 e. The molecule has 2 heteroatoms. The summed E-state index contributed by atoms with van der Waals surface area (Å²) in [6, 6.07) is 71.6. The largest absolute Gasteiger partial charge is 0.355 e. The molecule has 0 atom stereocenters. The zero-order chi connectivity index (χ0) is 37.4. The minimum absolute atomic E-state index is 0.971. The van der Waals surface area contributed by atoms with Crippen molar-refractivity contribution in [1.82, 2.24) is 0 Å². The van der Waals surface area contributed by atoms with Gasteiger partial charge >= 0.3 is 0 Å². The number of nitrogens with zero attached hydrogens (tertiary/aromatic N) is 1. The number of hydrogen-bond acceptors (Lipinski definition) is 2. The van der Waals surface area contributed by atoms with Gasteiger partial charge in [0.15, 0.2) is 0 Å². The summed E-state index contributed by atoms with van der Waals surface area (Å²) in [5.41, 5.74) is 20.5. The molecule has 264 valence electrons. The van der Waals surface area contributed by atoms with Gasteiger partial charge in [-0.25, -0.2) is 0 Å². The Hall–Kier alpha value is -7.42. The van der Waals surface area contributed by atoms with Crippen LogP contribution in [0.25, 0.3) is 61.4 Å². The summed E-state index contributed by atoms with van der Waals surface area (Å²) >= 11 is 0. The third kappa shape index (κ3) is 6.04. The standard InChI is InChI=1S/C54H38N2/c1-37-33-44(41-19-14-20-43(34-41)47-22-10-12-25-51(47)55-45-30-27-40(28-31-45)38-15-4-2-5-16-38)36-54-49-24-9-8-23-48(49)50-35-42(39-17-6-3-7-18-39)29-32-53(50)56(54)52-26-13-11-21-46(37)52/h2-36,55H,1H2/b44-33+,54-36-. The lowest BCUT2D eigenvalue weighted by Gasteiger charge is -2.38. The summed E-state index contributed by atoms with van der Waals surface area (Å²) < 4.78 is 0. The minimum atomic E-state index is 0.971. The van der Waals surface area contributed by atoms with Crippen LogP contribution in [-0.2, 0) is 0 Å². The van der Waals surface area contributed by atoms with Crippen LogP contribution in [-0.4, -0.2) is 0 Å². The Balaban J connectivity index is 1.07. The van der Waals surface area contributed by atoms with Crippen molar-refractivity contribution in [1.29, 1.82) is 0 Å². The third-order valence-corrected chi connectivity index (χ3v) is 10.9. The van der Waals surface area contributed by atoms with Crippen molar-refractivity contribution in [2.75, 3.05) is 10.2 Å². The molecule has 0 unspecified atom stereocenters. The van der Waals surface area contributed by atoms with Gasteiger partial charge in [-0.2, -0.15) is 0 Å². The number of hydrogen-bond donors (Lipinski definition) is 1. The summed E-state index contributed by atoms with van der Waals surface area (Å²) in [5.74, 6) is 0. The number of para-hydroxylation sites is 2. The molecule has 0 saturated heterocycles. The Morgan fingerprint density at radius 2 is 0.911 bits per heavy atom. The van der Waals surface area contributed by atoms with Gasteiger partial charge in [0.1, 0.15) is 0 Å². The number of anilines is 4. The molecule has 10 rings (SSSR count). The summed E-state index contributed by atoms with van der Waals surface area (Å²) in [7, 11) is 0. The molecule has 0 bridgehead atoms. The molecule has 0 spiro atoms. The molecule has 0 amide bonds. The molecular weight excluding hydrogens is 677 g/mol. The molecule has 2 aliphatic rings. The van der Waals surface area contributed by atoms with Gasteiger partial charge in [-0.3, -0.25) is 0 Å². The van der Waals surface area contributed by atoms with Crippen molar-refractivity contribution in [3.05, 3.63) is 236 Å². The molecule has 8 aromatic carbocycles. The van der Waals surface area contributed by atoms with Crippen LogP contribution in [0.4, 0.5) is 22.7 Å². The lowest BCUT2D eigenvalue weighted by atomic mass is 9.85. The van der Waals surface area contributed by atoms with Crippen molar-refractivity contribution < 1.29 is 0 Å². The van der Waals surface area contributed by atoms with Crippen LogP contribution in [0, 0.1) is 0 Å². The second kappa shape index (κ2) is 14.1. The van der Waals surface area contributed by atoms with E-state index >= 15 is 0 Å². The first kappa shape index (κ1) is 33.2. The Morgan fingerprint density at radius 3 is 1.68 bits per heavy atom. The summed E-state index contributed by atoms with van der Waals surface area (Å²) in [6.45, 7) is 4.65. The van der Waals surface area contributed by atoms with Gasteiger partial charge in [0, 0.05) is 33.6 Å². The SMILES string of the molecule is C=C1/C=C(c2cccc(-c3ccccc3Nc3ccc(-c4ccccc4)cc3)c2)\C=C2\c3ccccc3-c3cc(-c4ccccc4)ccc3N2c2ccccc21. The van der Waals surface area contributed by atoms with Gasteiger partial charge in [-0.05, 0) is 105 Å². The molecule has 0 aliphatic carbocycles. The smallest absolute Gasteiger partial charge is 0.0546 e. The Labute approximate surface area is 328 Å². The Kier molecular flexibility index (Phi) is 8.35. The van der Waals surface area contributed by atoms with Crippen LogP contribution in [0.3, 0.4) is 0 Å². The normalized spacial score (nSPS) is 14.7. The van der Waals surface area contributed by atoms with Crippen molar-refractivity contribution >= 4 is 39.6 Å². The molecule has 0 fully saturated rings. The molecule has 2 heterocycles. The summed E-state index contributed by atoms with van der Waals surface area (Å²) in [5, 5.41) is 3.71. The van der Waals surface area contributed by atoms with Gasteiger partial charge in [0.25, 0.3) is 0 Å². The highest BCUT2D eigenvalue weighted by Gasteiger charge is 2.31. The highest BCUT2D eigenvalue weighted by atomic mass is 15.2. The number of nitrogens with one attached hydrogen (secondary N) is 1. The molecule has 0 radical (unpaired) electrons. The van der Waals surface area contributed by atoms with Gasteiger partial charge in [-0.1, -0.05) is 164 Å². The minimum Gasteiger partial charge on any atom is -0.355 e. The number of fused-ring (bicyclic) bond motifs is 8. The van der Waals surface area contributed by atoms with E-state index in [4.69, 9.17) is 0 Å². The van der Waals surface area contributed by atoms with Crippen molar-refractivity contribution in [2.24, 2.45) is 0 Å². The van der Waals surface area contributed by atoms with E-state index in [1.807, 2.05) is 0 Å². The highest BCUT2D eigenvalue weighted by Crippen LogP contribution is 2.52. The van der Waals surface area contributed by atoms with Crippen LogP contribution in [0.15, 0.2) is 219 Å². The van der Waals surface area contributed by atoms with Gasteiger partial charge in [-0.15, -0.1) is 0 Å². The van der Waals surface area contributed by atoms with E-state index in [1.165, 1.54) is 38.9 Å². The van der Waals surface area contributed by atoms with E-state index in [0.717, 1.165) is 61.8 Å². The predicted octanol–water partition coefficient (Wildman–Crippen LogP) is 14.7. The number of benzene rings is 8. The van der Waals surface area contributed by atoms with Crippen LogP contribution >= 0.6 is 0 Å². The second-order valence-electron chi connectivity index (χ2n) is 14.3. The van der Waals surface area contributed by atoms with E-state index in [2.05, 4.69) is 229 Å². The van der Waals surface area contributed by atoms with Crippen molar-refractivity contribution in [2.45, 2.75) is 0 Å². The van der Waals surface area contributed by atoms with Crippen LogP contribution in [0.5, 0.6) is 0 Å². The number of allylic oxidation sites excluding steroid dienone is 4. The zero-order valence-electron chi connectivity index (χ0n) is 30.9. The fourth-order valence-corrected chi connectivity index (χ4v) is 8.15. The van der Waals surface area contributed by atoms with E-state index in [1.54, 1.807) is 0 Å². The Morgan fingerprint density at radius 1 is 0.357 bits per heavy atom. The lowest BCUT2D eigenvalue weighted by Crippen LogP contribution is -2.22. The predicted molar refractivity (Wildman–Crippen MR) is 238 cm³/mol. The topological polar surface area (TPSA) is 15.3 Å². The van der Waals surface area contributed by atoms with Crippen molar-refractivity contribution in [3.63, 3.8) is 0 Å². The van der Waals surface area contributed by atoms with E-state index in [-0.39, 0.29) is 0 Å². The van der Waals surface area contributed by atoms with E-state index < -0.39 is 0 Å². The molecule has 2 nitrogen and oxygen atoms in total. The summed E-state index contributed by atoms with van der Waals surface area (Å²) in [6.07, 6.45) is 4.60. The molecule has 8 aromatic rings. The Bertz CT molecular complexity index is 2830. The first-order chi connectivity index (χ1) is 27.7. The van der Waals surface area contributed by atoms with Gasteiger partial charge in [0.2, 0.25) is 0 Å². The second-order valence-corrected chi connectivity index (χ2v) is 14.3. The number of rotatable bonds is 6. The quantitative estimate of drug-likeness (QED) is 0.184. The molecule has 0 saturated carbocycles. The van der Waals surface area contributed by atoms with Crippen molar-refractivity contribution in [3.8, 4) is 44.5 Å². The van der Waals surface area contributed by atoms with E-state index in [9.17, 15) is 0 Å². The molecule has 2 aliphatic heterocycles. The van der Waals surface area contributed by atoms with E-state index in [0.29, 0.717) is 0 Å². The monoisotopic (exact) mass is 714 g/mol. The lowest BCUT2D eigenvalue weighted by molar-refractivity contribution is 1.25. The maximum atomic E-state index is 4.65. The fourth-order valence-electron chi connectivity index (χ4n) is 8.15.